The largest absolute Gasteiger partial charge is 0.492 e. The molecule has 0 aliphatic heterocycles. The van der Waals surface area contributed by atoms with E-state index >= 15 is 0 Å². The molecule has 4 nitrogen and oxygen atoms in total. The van der Waals surface area contributed by atoms with Crippen LogP contribution >= 0.6 is 11.6 Å². The predicted molar refractivity (Wildman–Crippen MR) is 83.3 cm³/mol. The van der Waals surface area contributed by atoms with Crippen molar-refractivity contribution in [1.82, 2.24) is 5.32 Å². The lowest BCUT2D eigenvalue weighted by Gasteiger charge is -2.22. The maximum atomic E-state index is 11.1. The highest BCUT2D eigenvalue weighted by molar-refractivity contribution is 7.90. The molecule has 0 heterocycles. The molecule has 0 radical (unpaired) electrons. The van der Waals surface area contributed by atoms with Crippen LogP contribution in [0.5, 0.6) is 5.75 Å². The number of nitrogens with one attached hydrogen (secondary N) is 1. The van der Waals surface area contributed by atoms with Crippen molar-refractivity contribution in [1.29, 1.82) is 0 Å². The number of ether oxygens (including phenoxy) is 1. The average molecular weight is 320 g/mol. The van der Waals surface area contributed by atoms with E-state index in [0.717, 1.165) is 5.56 Å². The molecule has 1 aromatic carbocycles. The third-order valence-corrected chi connectivity index (χ3v) is 3.85. The first kappa shape index (κ1) is 17.3. The van der Waals surface area contributed by atoms with Crippen molar-refractivity contribution in [3.63, 3.8) is 0 Å². The van der Waals surface area contributed by atoms with Gasteiger partial charge in [0.25, 0.3) is 0 Å². The molecular weight excluding hydrogens is 298 g/mol. The molecule has 0 saturated carbocycles. The van der Waals surface area contributed by atoms with Crippen LogP contribution in [0.4, 0.5) is 0 Å². The van der Waals surface area contributed by atoms with Gasteiger partial charge in [0.1, 0.15) is 12.4 Å². The highest BCUT2D eigenvalue weighted by Gasteiger charge is 2.14. The highest BCUT2D eigenvalue weighted by atomic mass is 35.5. The Balaban J connectivity index is 2.77. The average Bonchev–Trinajstić information content (AvgIpc) is 2.25. The van der Waals surface area contributed by atoms with Crippen LogP contribution in [0.25, 0.3) is 0 Å². The van der Waals surface area contributed by atoms with E-state index in [1.807, 2.05) is 0 Å². The zero-order valence-electron chi connectivity index (χ0n) is 12.4. The van der Waals surface area contributed by atoms with Gasteiger partial charge in [-0.3, -0.25) is 0 Å². The van der Waals surface area contributed by atoms with E-state index in [-0.39, 0.29) is 17.9 Å². The summed E-state index contributed by atoms with van der Waals surface area (Å²) < 4.78 is 27.8. The van der Waals surface area contributed by atoms with Gasteiger partial charge in [-0.1, -0.05) is 17.7 Å². The van der Waals surface area contributed by atoms with Crippen molar-refractivity contribution >= 4 is 21.4 Å². The lowest BCUT2D eigenvalue weighted by molar-refractivity contribution is 0.333. The smallest absolute Gasteiger partial charge is 0.150 e. The van der Waals surface area contributed by atoms with Crippen LogP contribution in [0.3, 0.4) is 0 Å². The third kappa shape index (κ3) is 6.59. The van der Waals surface area contributed by atoms with Gasteiger partial charge in [0.15, 0.2) is 9.84 Å². The molecule has 0 amide bonds. The molecular formula is C14H22ClNO3S. The first-order valence-corrected chi connectivity index (χ1v) is 8.85. The van der Waals surface area contributed by atoms with Crippen LogP contribution in [-0.2, 0) is 16.4 Å². The van der Waals surface area contributed by atoms with Crippen molar-refractivity contribution in [2.24, 2.45) is 0 Å². The van der Waals surface area contributed by atoms with E-state index < -0.39 is 9.84 Å². The molecule has 1 rings (SSSR count). The number of sulfone groups is 1. The maximum absolute atomic E-state index is 11.1. The van der Waals surface area contributed by atoms with Crippen LogP contribution in [0.1, 0.15) is 26.3 Å². The molecule has 6 heteroatoms. The van der Waals surface area contributed by atoms with Crippen LogP contribution < -0.4 is 10.1 Å². The lowest BCUT2D eigenvalue weighted by Crippen LogP contribution is -2.35. The fraction of sp³-hybridized carbons (Fsp3) is 0.571. The Labute approximate surface area is 126 Å². The summed E-state index contributed by atoms with van der Waals surface area (Å²) >= 11 is 6.19. The SMILES string of the molecule is CC(C)(C)NCc1c(Cl)cccc1OCCS(C)(=O)=O. The van der Waals surface area contributed by atoms with Gasteiger partial charge in [0, 0.05) is 28.9 Å². The summed E-state index contributed by atoms with van der Waals surface area (Å²) in [5, 5.41) is 3.95. The number of rotatable bonds is 6. The minimum atomic E-state index is -3.03. The predicted octanol–water partition coefficient (Wildman–Crippen LogP) is 2.65. The van der Waals surface area contributed by atoms with Gasteiger partial charge in [0.05, 0.1) is 5.75 Å². The van der Waals surface area contributed by atoms with Gasteiger partial charge >= 0.3 is 0 Å². The molecule has 0 bridgehead atoms. The topological polar surface area (TPSA) is 55.4 Å². The Morgan fingerprint density at radius 1 is 1.30 bits per heavy atom. The minimum absolute atomic E-state index is 0.00828. The summed E-state index contributed by atoms with van der Waals surface area (Å²) in [6.07, 6.45) is 1.19. The van der Waals surface area contributed by atoms with Crippen molar-refractivity contribution in [2.45, 2.75) is 32.9 Å². The number of hydrogen-bond donors (Lipinski definition) is 1. The quantitative estimate of drug-likeness (QED) is 0.876. The van der Waals surface area contributed by atoms with Crippen molar-refractivity contribution < 1.29 is 13.2 Å². The zero-order valence-corrected chi connectivity index (χ0v) is 13.9. The van der Waals surface area contributed by atoms with Gasteiger partial charge in [-0.2, -0.15) is 0 Å². The van der Waals surface area contributed by atoms with E-state index in [1.54, 1.807) is 18.2 Å². The molecule has 0 spiro atoms. The number of benzene rings is 1. The summed E-state index contributed by atoms with van der Waals surface area (Å²) in [4.78, 5) is 0. The molecule has 1 aromatic rings. The molecule has 0 aromatic heterocycles. The first-order chi connectivity index (χ1) is 9.08. The van der Waals surface area contributed by atoms with Crippen LogP contribution in [0.2, 0.25) is 5.02 Å². The van der Waals surface area contributed by atoms with E-state index in [9.17, 15) is 8.42 Å². The third-order valence-electron chi connectivity index (χ3n) is 2.58. The second kappa shape index (κ2) is 6.78. The van der Waals surface area contributed by atoms with Crippen LogP contribution in [0, 0.1) is 0 Å². The molecule has 0 fully saturated rings. The normalized spacial score (nSPS) is 12.4. The van der Waals surface area contributed by atoms with Crippen LogP contribution in [0.15, 0.2) is 18.2 Å². The van der Waals surface area contributed by atoms with Crippen molar-refractivity contribution in [3.8, 4) is 5.75 Å². The Morgan fingerprint density at radius 2 is 1.95 bits per heavy atom. The number of halogens is 1. The number of hydrogen-bond acceptors (Lipinski definition) is 4. The van der Waals surface area contributed by atoms with E-state index in [0.29, 0.717) is 17.3 Å². The Morgan fingerprint density at radius 3 is 2.50 bits per heavy atom. The molecule has 0 aliphatic carbocycles. The first-order valence-electron chi connectivity index (χ1n) is 6.41. The molecule has 0 aliphatic rings. The molecule has 0 saturated heterocycles. The summed E-state index contributed by atoms with van der Waals surface area (Å²) in [5.74, 6) is 0.615. The second-order valence-corrected chi connectivity index (χ2v) is 8.47. The maximum Gasteiger partial charge on any atom is 0.150 e. The Hall–Kier alpha value is -0.780. The van der Waals surface area contributed by atoms with E-state index in [2.05, 4.69) is 26.1 Å². The molecule has 20 heavy (non-hydrogen) atoms. The summed E-state index contributed by atoms with van der Waals surface area (Å²) in [7, 11) is -3.03. The van der Waals surface area contributed by atoms with Gasteiger partial charge < -0.3 is 10.1 Å². The second-order valence-electron chi connectivity index (χ2n) is 5.80. The Bertz CT molecular complexity index is 550. The van der Waals surface area contributed by atoms with E-state index in [1.165, 1.54) is 6.26 Å². The van der Waals surface area contributed by atoms with Gasteiger partial charge in [-0.15, -0.1) is 0 Å². The molecule has 0 unspecified atom stereocenters. The Kier molecular flexibility index (Phi) is 5.86. The fourth-order valence-electron chi connectivity index (χ4n) is 1.50. The minimum Gasteiger partial charge on any atom is -0.492 e. The molecule has 0 atom stereocenters. The molecule has 1 N–H and O–H groups in total. The fourth-order valence-corrected chi connectivity index (χ4v) is 2.12. The van der Waals surface area contributed by atoms with Gasteiger partial charge in [-0.25, -0.2) is 8.42 Å². The summed E-state index contributed by atoms with van der Waals surface area (Å²) in [6.45, 7) is 6.88. The summed E-state index contributed by atoms with van der Waals surface area (Å²) in [6, 6.07) is 5.39. The monoisotopic (exact) mass is 319 g/mol. The zero-order chi connectivity index (χ0) is 15.4. The van der Waals surface area contributed by atoms with E-state index in [4.69, 9.17) is 16.3 Å². The summed E-state index contributed by atoms with van der Waals surface area (Å²) in [5.41, 5.74) is 0.806. The highest BCUT2D eigenvalue weighted by Crippen LogP contribution is 2.27. The van der Waals surface area contributed by atoms with Crippen molar-refractivity contribution in [3.05, 3.63) is 28.8 Å². The standard InChI is InChI=1S/C14H22ClNO3S/c1-14(2,3)16-10-11-12(15)6-5-7-13(11)19-8-9-20(4,17)18/h5-7,16H,8-10H2,1-4H3. The van der Waals surface area contributed by atoms with Crippen LogP contribution in [-0.4, -0.2) is 32.6 Å². The van der Waals surface area contributed by atoms with Gasteiger partial charge in [-0.05, 0) is 32.9 Å². The van der Waals surface area contributed by atoms with Crippen molar-refractivity contribution in [2.75, 3.05) is 18.6 Å². The lowest BCUT2D eigenvalue weighted by atomic mass is 10.1. The van der Waals surface area contributed by atoms with Gasteiger partial charge in [0.2, 0.25) is 0 Å². The molecule has 114 valence electrons.